The van der Waals surface area contributed by atoms with Gasteiger partial charge in [0, 0.05) is 0 Å². The molecule has 0 rings (SSSR count). The summed E-state index contributed by atoms with van der Waals surface area (Å²) in [4.78, 5) is 29.3. The first kappa shape index (κ1) is 23.2. The third-order valence-electron chi connectivity index (χ3n) is 0. The Labute approximate surface area is 117 Å². The van der Waals surface area contributed by atoms with E-state index < -0.39 is 16.4 Å². The molecule has 0 aliphatic heterocycles. The van der Waals surface area contributed by atoms with Crippen LogP contribution in [0, 0.1) is 0 Å². The van der Waals surface area contributed by atoms with Crippen LogP contribution in [0.4, 0.5) is 0 Å². The number of rotatable bonds is 0. The SMILES string of the molecule is O[Si](O)(O)O.[Ba+2].[Li+].[O-]B([O-])[O-]. The van der Waals surface area contributed by atoms with Crippen LogP contribution in [0.5, 0.6) is 0 Å². The molecule has 7 nitrogen and oxygen atoms in total. The fourth-order valence-corrected chi connectivity index (χ4v) is 0. The van der Waals surface area contributed by atoms with Crippen molar-refractivity contribution in [2.75, 3.05) is 0 Å². The van der Waals surface area contributed by atoms with Gasteiger partial charge in [0.05, 0.1) is 0 Å². The smallest absolute Gasteiger partial charge is 0.907 e. The molecule has 56 valence electrons. The monoisotopic (exact) mass is 300 g/mol. The average molecular weight is 299 g/mol. The van der Waals surface area contributed by atoms with E-state index in [1.54, 1.807) is 0 Å². The first-order valence-electron chi connectivity index (χ1n) is 1.60. The third-order valence-corrected chi connectivity index (χ3v) is 0. The van der Waals surface area contributed by atoms with Gasteiger partial charge in [0.15, 0.2) is 0 Å². The zero-order valence-corrected chi connectivity index (χ0v) is 11.2. The zero-order valence-electron chi connectivity index (χ0n) is 5.80. The second-order valence-electron chi connectivity index (χ2n) is 0.889. The van der Waals surface area contributed by atoms with Gasteiger partial charge in [-0.25, -0.2) is 0 Å². The minimum absolute atomic E-state index is 0. The molecule has 0 atom stereocenters. The molecular formula is H4BBaLiO7Si. The summed E-state index contributed by atoms with van der Waals surface area (Å²) in [6.07, 6.45) is 0. The predicted octanol–water partition coefficient (Wildman–Crippen LogP) is -9.93. The fourth-order valence-electron chi connectivity index (χ4n) is 0. The molecule has 0 aliphatic rings. The molecule has 11 heavy (non-hydrogen) atoms. The molecule has 11 heteroatoms. The van der Waals surface area contributed by atoms with Crippen molar-refractivity contribution in [3.8, 4) is 0 Å². The fraction of sp³-hybridized carbons (Fsp3) is 0. The van der Waals surface area contributed by atoms with E-state index in [0.29, 0.717) is 0 Å². The Morgan fingerprint density at radius 1 is 0.909 bits per heavy atom. The summed E-state index contributed by atoms with van der Waals surface area (Å²) < 4.78 is 0. The molecule has 4 N–H and O–H groups in total. The molecule has 0 aromatic carbocycles. The molecule has 0 saturated carbocycles. The minimum atomic E-state index is -4.61. The molecule has 0 radical (unpaired) electrons. The van der Waals surface area contributed by atoms with Crippen LogP contribution in [-0.2, 0) is 0 Å². The summed E-state index contributed by atoms with van der Waals surface area (Å²) in [5.74, 6) is 0. The van der Waals surface area contributed by atoms with Gasteiger partial charge in [-0.1, -0.05) is 0 Å². The maximum atomic E-state index is 8.42. The van der Waals surface area contributed by atoms with Crippen molar-refractivity contribution in [2.24, 2.45) is 0 Å². The predicted molar refractivity (Wildman–Crippen MR) is 26.1 cm³/mol. The van der Waals surface area contributed by atoms with Crippen LogP contribution in [0.25, 0.3) is 0 Å². The van der Waals surface area contributed by atoms with E-state index in [9.17, 15) is 0 Å². The summed E-state index contributed by atoms with van der Waals surface area (Å²) in [6, 6.07) is 0. The number of hydrogen-bond acceptors (Lipinski definition) is 7. The largest absolute Gasteiger partial charge is 2.00 e. The summed E-state index contributed by atoms with van der Waals surface area (Å²) in [7, 11) is -7.53. The van der Waals surface area contributed by atoms with E-state index in [0.717, 1.165) is 0 Å². The van der Waals surface area contributed by atoms with Crippen LogP contribution in [0.2, 0.25) is 0 Å². The second kappa shape index (κ2) is 12.2. The van der Waals surface area contributed by atoms with Gasteiger partial charge in [-0.2, -0.15) is 0 Å². The van der Waals surface area contributed by atoms with Crippen LogP contribution < -0.4 is 33.9 Å². The molecule has 0 unspecified atom stereocenters. The minimum Gasteiger partial charge on any atom is -0.907 e. The summed E-state index contributed by atoms with van der Waals surface area (Å²) >= 11 is 0. The number of hydrogen-bond donors (Lipinski definition) is 4. The van der Waals surface area contributed by atoms with Gasteiger partial charge in [-0.15, -0.1) is 0 Å². The van der Waals surface area contributed by atoms with E-state index >= 15 is 0 Å². The Morgan fingerprint density at radius 3 is 0.909 bits per heavy atom. The van der Waals surface area contributed by atoms with Crippen molar-refractivity contribution in [3.63, 3.8) is 0 Å². The molecule has 0 aromatic rings. The van der Waals surface area contributed by atoms with E-state index in [-0.39, 0.29) is 67.7 Å². The third kappa shape index (κ3) is 267. The van der Waals surface area contributed by atoms with Crippen molar-refractivity contribution in [1.29, 1.82) is 0 Å². The first-order chi connectivity index (χ1) is 3.73. The van der Waals surface area contributed by atoms with Crippen molar-refractivity contribution in [3.05, 3.63) is 0 Å². The van der Waals surface area contributed by atoms with Crippen molar-refractivity contribution in [2.45, 2.75) is 0 Å². The Balaban J connectivity index is -0.0000000383. The molecule has 0 aliphatic carbocycles. The maximum Gasteiger partial charge on any atom is 2.00 e. The van der Waals surface area contributed by atoms with Crippen LogP contribution >= 0.6 is 0 Å². The zero-order chi connectivity index (χ0) is 8.08. The quantitative estimate of drug-likeness (QED) is 0.324. The van der Waals surface area contributed by atoms with Gasteiger partial charge in [0.1, 0.15) is 0 Å². The van der Waals surface area contributed by atoms with Crippen LogP contribution in [0.1, 0.15) is 0 Å². The Bertz CT molecular complexity index is 55.2. The Morgan fingerprint density at radius 2 is 0.909 bits per heavy atom. The van der Waals surface area contributed by atoms with Crippen molar-refractivity contribution >= 4 is 65.3 Å². The van der Waals surface area contributed by atoms with Gasteiger partial charge < -0.3 is 34.3 Å². The topological polar surface area (TPSA) is 150 Å². The maximum absolute atomic E-state index is 8.42. The van der Waals surface area contributed by atoms with Gasteiger partial charge in [-0.05, 0) is 0 Å². The van der Waals surface area contributed by atoms with Crippen LogP contribution in [-0.4, -0.2) is 84.4 Å². The molecule has 0 amide bonds. The molecule has 0 aromatic heterocycles. The summed E-state index contributed by atoms with van der Waals surface area (Å²) in [5.41, 5.74) is 0. The van der Waals surface area contributed by atoms with Gasteiger partial charge in [0.2, 0.25) is 0 Å². The molecule has 0 heterocycles. The Kier molecular flexibility index (Phi) is 25.7. The van der Waals surface area contributed by atoms with Gasteiger partial charge in [0.25, 0.3) is 0 Å². The van der Waals surface area contributed by atoms with E-state index in [1.807, 2.05) is 0 Å². The molecule has 0 fully saturated rings. The first-order valence-corrected chi connectivity index (χ1v) is 3.39. The van der Waals surface area contributed by atoms with Crippen molar-refractivity contribution in [1.82, 2.24) is 0 Å². The molecular weight excluding hydrogens is 295 g/mol. The summed E-state index contributed by atoms with van der Waals surface area (Å²) in [5, 5.41) is 25.2. The van der Waals surface area contributed by atoms with Crippen LogP contribution in [0.15, 0.2) is 0 Å². The molecule has 0 bridgehead atoms. The van der Waals surface area contributed by atoms with E-state index in [1.165, 1.54) is 0 Å². The van der Waals surface area contributed by atoms with Gasteiger partial charge >= 0.3 is 76.8 Å². The molecule has 0 saturated heterocycles. The Hall–Kier alpha value is 2.17. The van der Waals surface area contributed by atoms with Crippen molar-refractivity contribution < 1.29 is 53.1 Å². The van der Waals surface area contributed by atoms with E-state index in [4.69, 9.17) is 34.3 Å². The van der Waals surface area contributed by atoms with E-state index in [2.05, 4.69) is 0 Å². The van der Waals surface area contributed by atoms with Crippen LogP contribution in [0.3, 0.4) is 0 Å². The van der Waals surface area contributed by atoms with Gasteiger partial charge in [-0.3, -0.25) is 7.32 Å². The second-order valence-corrected chi connectivity index (χ2v) is 2.09. The normalized spacial score (nSPS) is 7.91. The summed E-state index contributed by atoms with van der Waals surface area (Å²) in [6.45, 7) is 0. The molecule has 0 spiro atoms. The standard InChI is InChI=1S/BO3.Ba.Li.H4O4Si/c2-1(3)4;;;1-5(2,3)4/h;;;1-4H/q-3;+2;+1;. The average Bonchev–Trinajstić information content (AvgIpc) is 1.19.